The van der Waals surface area contributed by atoms with E-state index in [0.717, 1.165) is 0 Å². The van der Waals surface area contributed by atoms with Crippen molar-refractivity contribution in [3.63, 3.8) is 0 Å². The molecule has 7 heteroatoms. The Bertz CT molecular complexity index is 159. The summed E-state index contributed by atoms with van der Waals surface area (Å²) in [6, 6.07) is 0. The zero-order chi connectivity index (χ0) is 5.70. The molecule has 0 atom stereocenters. The first kappa shape index (κ1) is 7.89. The molecule has 30 valence electrons. The van der Waals surface area contributed by atoms with Crippen LogP contribution < -0.4 is 0 Å². The van der Waals surface area contributed by atoms with Gasteiger partial charge in [-0.3, -0.25) is 0 Å². The molecule has 0 saturated carbocycles. The van der Waals surface area contributed by atoms with E-state index in [1.807, 2.05) is 20.5 Å². The third-order valence-electron chi connectivity index (χ3n) is 0.315. The van der Waals surface area contributed by atoms with Gasteiger partial charge >= 0.3 is 53.0 Å². The van der Waals surface area contributed by atoms with Crippen LogP contribution in [0.3, 0.4) is 0 Å². The maximum atomic E-state index is 5.31. The SMILES string of the molecule is B#S(=B)SB=BB. The quantitative estimate of drug-likeness (QED) is 0.303. The van der Waals surface area contributed by atoms with Crippen LogP contribution in [0.2, 0.25) is 0 Å². The summed E-state index contributed by atoms with van der Waals surface area (Å²) in [6.45, 7) is 10.8. The minimum absolute atomic E-state index is 0.236. The molecule has 0 nitrogen and oxygen atoms in total. The van der Waals surface area contributed by atoms with Crippen molar-refractivity contribution in [3.05, 3.63) is 0 Å². The van der Waals surface area contributed by atoms with Crippen molar-refractivity contribution in [2.45, 2.75) is 0 Å². The first-order valence-electron chi connectivity index (χ1n) is 1.84. The molecule has 0 aromatic rings. The average Bonchev–Trinajstić information content (AvgIpc) is 1.61. The molecule has 0 amide bonds. The van der Waals surface area contributed by atoms with E-state index in [1.165, 1.54) is 0 Å². The van der Waals surface area contributed by atoms with Crippen LogP contribution in [0.25, 0.3) is 0 Å². The molecule has 0 fully saturated rings. The molecule has 0 aliphatic carbocycles. The number of rotatable bonds is 1. The van der Waals surface area contributed by atoms with Crippen LogP contribution >= 0.6 is 19.2 Å². The molecule has 0 rings (SSSR count). The number of hydrogen-bond donors (Lipinski definition) is 0. The van der Waals surface area contributed by atoms with Gasteiger partial charge in [-0.05, 0) is 0 Å². The second-order valence-electron chi connectivity index (χ2n) is 0.946. The van der Waals surface area contributed by atoms with Crippen LogP contribution in [0.15, 0.2) is 0 Å². The second kappa shape index (κ2) is 5.04. The van der Waals surface area contributed by atoms with Gasteiger partial charge in [-0.25, -0.2) is 0 Å². The zero-order valence-corrected chi connectivity index (χ0v) is 5.89. The normalized spacial score (nSPS) is 7.57. The second-order valence-corrected chi connectivity index (χ2v) is 4.03. The van der Waals surface area contributed by atoms with E-state index < -0.39 is 0 Å². The van der Waals surface area contributed by atoms with Crippen molar-refractivity contribution >= 4 is 53.0 Å². The van der Waals surface area contributed by atoms with Crippen LogP contribution in [0.1, 0.15) is 0 Å². The Labute approximate surface area is 53.3 Å². The summed E-state index contributed by atoms with van der Waals surface area (Å²) in [5.74, 6) is 0. The Kier molecular flexibility index (Phi) is 5.68. The van der Waals surface area contributed by atoms with Crippen molar-refractivity contribution in [3.8, 4) is 0 Å². The number of hydrogen-bond acceptors (Lipinski definition) is 1. The summed E-state index contributed by atoms with van der Waals surface area (Å²) in [5, 5.41) is 0. The van der Waals surface area contributed by atoms with Crippen LogP contribution in [-0.4, -0.2) is 33.8 Å². The zero-order valence-electron chi connectivity index (χ0n) is 4.26. The Balaban J connectivity index is 3.41. The summed E-state index contributed by atoms with van der Waals surface area (Å²) in [5.41, 5.74) is 0. The molecule has 0 aliphatic rings. The van der Waals surface area contributed by atoms with E-state index in [9.17, 15) is 0 Å². The van der Waals surface area contributed by atoms with Crippen molar-refractivity contribution < 1.29 is 0 Å². The monoisotopic (exact) mass is 122 g/mol. The van der Waals surface area contributed by atoms with Crippen LogP contribution in [0.4, 0.5) is 0 Å². The third-order valence-corrected chi connectivity index (χ3v) is 2.02. The summed E-state index contributed by atoms with van der Waals surface area (Å²) < 4.78 is 0. The first-order valence-corrected chi connectivity index (χ1v) is 4.69. The Morgan fingerprint density at radius 2 is 2.43 bits per heavy atom. The molecule has 0 heterocycles. The molecule has 0 aromatic carbocycles. The fourth-order valence-electron chi connectivity index (χ4n) is 0.127. The summed E-state index contributed by atoms with van der Waals surface area (Å²) >= 11 is 0. The fraction of sp³-hybridized carbons (Fsp3) is 0. The average molecular weight is 121 g/mol. The minimum atomic E-state index is -0.236. The van der Waals surface area contributed by atoms with Crippen LogP contribution in [0.5, 0.6) is 0 Å². The van der Waals surface area contributed by atoms with E-state index in [-0.39, 0.29) is 8.59 Å². The van der Waals surface area contributed by atoms with E-state index in [0.29, 0.717) is 0 Å². The predicted octanol–water partition coefficient (Wildman–Crippen LogP) is -1.41. The van der Waals surface area contributed by atoms with E-state index >= 15 is 0 Å². The van der Waals surface area contributed by atoms with Crippen LogP contribution in [0, 0.1) is 0 Å². The van der Waals surface area contributed by atoms with Gasteiger partial charge in [0.25, 0.3) is 0 Å². The molecular formula is H3B5S2. The van der Waals surface area contributed by atoms with Gasteiger partial charge in [0, 0.05) is 0 Å². The molecule has 7 heavy (non-hydrogen) atoms. The van der Waals surface area contributed by atoms with Gasteiger partial charge < -0.3 is 0 Å². The molecule has 0 aliphatic heterocycles. The first-order chi connectivity index (χ1) is 3.27. The van der Waals surface area contributed by atoms with E-state index in [1.54, 1.807) is 10.6 Å². The van der Waals surface area contributed by atoms with Crippen LogP contribution in [-0.2, 0) is 0 Å². The standard InChI is InChI=1S/B5H3S2/c1-4-5-6-7(2)3/h2H,1H2. The Hall–Kier alpha value is 0.895. The van der Waals surface area contributed by atoms with Gasteiger partial charge in [-0.2, -0.15) is 0 Å². The third kappa shape index (κ3) is 6.89. The summed E-state index contributed by atoms with van der Waals surface area (Å²) in [6.07, 6.45) is 1.94. The summed E-state index contributed by atoms with van der Waals surface area (Å²) in [7, 11) is 3.27. The Morgan fingerprint density at radius 1 is 1.86 bits per heavy atom. The van der Waals surface area contributed by atoms with Gasteiger partial charge in [-0.1, -0.05) is 0 Å². The topological polar surface area (TPSA) is 0 Å². The van der Waals surface area contributed by atoms with Gasteiger partial charge in [0.1, 0.15) is 0 Å². The van der Waals surface area contributed by atoms with E-state index in [4.69, 9.17) is 6.53 Å². The van der Waals surface area contributed by atoms with Gasteiger partial charge in [-0.15, -0.1) is 0 Å². The van der Waals surface area contributed by atoms with Crippen molar-refractivity contribution in [1.29, 1.82) is 0 Å². The summed E-state index contributed by atoms with van der Waals surface area (Å²) in [4.78, 5) is 0. The van der Waals surface area contributed by atoms with Crippen molar-refractivity contribution in [2.24, 2.45) is 0 Å². The van der Waals surface area contributed by atoms with E-state index in [2.05, 4.69) is 6.72 Å². The Morgan fingerprint density at radius 3 is 2.57 bits per heavy atom. The molecule has 0 bridgehead atoms. The molecule has 0 saturated heterocycles. The predicted molar refractivity (Wildman–Crippen MR) is 48.1 cm³/mol. The van der Waals surface area contributed by atoms with Crippen molar-refractivity contribution in [2.75, 3.05) is 0 Å². The molecule has 0 aromatic heterocycles. The molecule has 0 radical (unpaired) electrons. The van der Waals surface area contributed by atoms with Crippen molar-refractivity contribution in [1.82, 2.24) is 0 Å². The maximum absolute atomic E-state index is 5.31. The molecule has 0 spiro atoms. The van der Waals surface area contributed by atoms with Gasteiger partial charge in [0.05, 0.1) is 0 Å². The fourth-order valence-corrected chi connectivity index (χ4v) is 1.14. The van der Waals surface area contributed by atoms with Gasteiger partial charge in [0.15, 0.2) is 0 Å². The molecule has 0 N–H and O–H groups in total. The van der Waals surface area contributed by atoms with Gasteiger partial charge in [0.2, 0.25) is 0 Å². The molecular weight excluding hydrogens is 118 g/mol. The molecule has 0 unspecified atom stereocenters.